The summed E-state index contributed by atoms with van der Waals surface area (Å²) in [4.78, 5) is 20.7. The SMILES string of the molecule is CCCc1ncncc1C(=O)NC[C@H]1CCOc2ccccc2C1. The van der Waals surface area contributed by atoms with Gasteiger partial charge in [0, 0.05) is 12.7 Å². The van der Waals surface area contributed by atoms with E-state index in [1.54, 1.807) is 6.20 Å². The quantitative estimate of drug-likeness (QED) is 0.918. The summed E-state index contributed by atoms with van der Waals surface area (Å²) in [7, 11) is 0. The standard InChI is InChI=1S/C19H23N3O2/c1-2-5-17-16(12-20-13-22-17)19(23)21-11-14-8-9-24-18-7-4-3-6-15(18)10-14/h3-4,6-7,12-14H,2,5,8-11H2,1H3,(H,21,23)/t14-/m0/s1. The number of carbonyl (C=O) groups excluding carboxylic acids is 1. The van der Waals surface area contributed by atoms with Crippen molar-refractivity contribution in [1.29, 1.82) is 0 Å². The van der Waals surface area contributed by atoms with Crippen LogP contribution in [-0.4, -0.2) is 29.0 Å². The molecule has 0 saturated heterocycles. The van der Waals surface area contributed by atoms with Gasteiger partial charge in [0.1, 0.15) is 12.1 Å². The zero-order valence-corrected chi connectivity index (χ0v) is 14.0. The number of amides is 1. The number of benzene rings is 1. The number of para-hydroxylation sites is 1. The Bertz CT molecular complexity index is 703. The van der Waals surface area contributed by atoms with E-state index < -0.39 is 0 Å². The number of hydrogen-bond acceptors (Lipinski definition) is 4. The van der Waals surface area contributed by atoms with E-state index in [1.165, 1.54) is 11.9 Å². The van der Waals surface area contributed by atoms with Gasteiger partial charge in [0.15, 0.2) is 0 Å². The molecule has 1 aromatic heterocycles. The van der Waals surface area contributed by atoms with E-state index in [2.05, 4.69) is 28.3 Å². The summed E-state index contributed by atoms with van der Waals surface area (Å²) in [6, 6.07) is 8.13. The summed E-state index contributed by atoms with van der Waals surface area (Å²) in [5.74, 6) is 1.25. The minimum Gasteiger partial charge on any atom is -0.493 e. The predicted molar refractivity (Wildman–Crippen MR) is 92.1 cm³/mol. The Morgan fingerprint density at radius 1 is 1.38 bits per heavy atom. The van der Waals surface area contributed by atoms with Gasteiger partial charge in [0.05, 0.1) is 17.9 Å². The van der Waals surface area contributed by atoms with Gasteiger partial charge in [-0.05, 0) is 36.8 Å². The fraction of sp³-hybridized carbons (Fsp3) is 0.421. The van der Waals surface area contributed by atoms with Crippen molar-refractivity contribution < 1.29 is 9.53 Å². The molecule has 0 fully saturated rings. The Hall–Kier alpha value is -2.43. The monoisotopic (exact) mass is 325 g/mol. The number of nitrogens with zero attached hydrogens (tertiary/aromatic N) is 2. The first-order valence-corrected chi connectivity index (χ1v) is 8.55. The van der Waals surface area contributed by atoms with Crippen molar-refractivity contribution in [3.05, 3.63) is 53.6 Å². The van der Waals surface area contributed by atoms with Crippen molar-refractivity contribution in [2.75, 3.05) is 13.2 Å². The fourth-order valence-electron chi connectivity index (χ4n) is 3.05. The maximum atomic E-state index is 12.5. The van der Waals surface area contributed by atoms with E-state index >= 15 is 0 Å². The second-order valence-electron chi connectivity index (χ2n) is 6.16. The molecule has 24 heavy (non-hydrogen) atoms. The summed E-state index contributed by atoms with van der Waals surface area (Å²) in [6.07, 6.45) is 6.70. The molecule has 0 aliphatic carbocycles. The van der Waals surface area contributed by atoms with Gasteiger partial charge in [-0.25, -0.2) is 9.97 Å². The van der Waals surface area contributed by atoms with Crippen molar-refractivity contribution in [1.82, 2.24) is 15.3 Å². The summed E-state index contributed by atoms with van der Waals surface area (Å²) in [5, 5.41) is 3.05. The zero-order valence-electron chi connectivity index (χ0n) is 14.0. The normalized spacial score (nSPS) is 16.6. The van der Waals surface area contributed by atoms with E-state index in [0.29, 0.717) is 24.6 Å². The minimum absolute atomic E-state index is 0.0856. The van der Waals surface area contributed by atoms with Gasteiger partial charge in [-0.1, -0.05) is 31.5 Å². The van der Waals surface area contributed by atoms with Crippen molar-refractivity contribution in [2.24, 2.45) is 5.92 Å². The average molecular weight is 325 g/mol. The van der Waals surface area contributed by atoms with Crippen molar-refractivity contribution in [3.63, 3.8) is 0 Å². The average Bonchev–Trinajstić information content (AvgIpc) is 2.82. The minimum atomic E-state index is -0.0856. The third-order valence-corrected chi connectivity index (χ3v) is 4.34. The summed E-state index contributed by atoms with van der Waals surface area (Å²) in [5.41, 5.74) is 2.62. The lowest BCUT2D eigenvalue weighted by Gasteiger charge is -2.15. The van der Waals surface area contributed by atoms with Crippen LogP contribution in [0, 0.1) is 5.92 Å². The molecule has 0 spiro atoms. The summed E-state index contributed by atoms with van der Waals surface area (Å²) >= 11 is 0. The Morgan fingerprint density at radius 2 is 2.25 bits per heavy atom. The molecule has 2 aromatic rings. The fourth-order valence-corrected chi connectivity index (χ4v) is 3.05. The highest BCUT2D eigenvalue weighted by Gasteiger charge is 2.19. The lowest BCUT2D eigenvalue weighted by Crippen LogP contribution is -2.31. The molecule has 5 nitrogen and oxygen atoms in total. The number of aryl methyl sites for hydroxylation is 1. The van der Waals surface area contributed by atoms with E-state index in [9.17, 15) is 4.79 Å². The number of rotatable bonds is 5. The van der Waals surface area contributed by atoms with Gasteiger partial charge < -0.3 is 10.1 Å². The van der Waals surface area contributed by atoms with Crippen LogP contribution in [0.2, 0.25) is 0 Å². The number of ether oxygens (including phenoxy) is 1. The number of nitrogens with one attached hydrogen (secondary N) is 1. The maximum Gasteiger partial charge on any atom is 0.254 e. The molecule has 1 aliphatic rings. The van der Waals surface area contributed by atoms with Gasteiger partial charge >= 0.3 is 0 Å². The van der Waals surface area contributed by atoms with E-state index in [0.717, 1.165) is 37.1 Å². The Balaban J connectivity index is 1.62. The molecule has 0 radical (unpaired) electrons. The molecular formula is C19H23N3O2. The predicted octanol–water partition coefficient (Wildman–Crippen LogP) is 2.80. The van der Waals surface area contributed by atoms with E-state index in [-0.39, 0.29) is 5.91 Å². The molecular weight excluding hydrogens is 302 g/mol. The largest absolute Gasteiger partial charge is 0.493 e. The number of fused-ring (bicyclic) bond motifs is 1. The lowest BCUT2D eigenvalue weighted by atomic mass is 9.97. The lowest BCUT2D eigenvalue weighted by molar-refractivity contribution is 0.0943. The Labute approximate surface area is 142 Å². The third-order valence-electron chi connectivity index (χ3n) is 4.34. The van der Waals surface area contributed by atoms with Crippen LogP contribution in [0.25, 0.3) is 0 Å². The van der Waals surface area contributed by atoms with Gasteiger partial charge in [0.25, 0.3) is 5.91 Å². The van der Waals surface area contributed by atoms with Crippen LogP contribution < -0.4 is 10.1 Å². The smallest absolute Gasteiger partial charge is 0.254 e. The van der Waals surface area contributed by atoms with Crippen molar-refractivity contribution >= 4 is 5.91 Å². The van der Waals surface area contributed by atoms with Crippen molar-refractivity contribution in [3.8, 4) is 5.75 Å². The Kier molecular flexibility index (Phi) is 5.41. The van der Waals surface area contributed by atoms with Gasteiger partial charge in [-0.2, -0.15) is 0 Å². The molecule has 126 valence electrons. The maximum absolute atomic E-state index is 12.5. The van der Waals surface area contributed by atoms with E-state index in [1.807, 2.05) is 18.2 Å². The van der Waals surface area contributed by atoms with Crippen LogP contribution in [0.15, 0.2) is 36.8 Å². The Morgan fingerprint density at radius 3 is 3.12 bits per heavy atom. The second-order valence-corrected chi connectivity index (χ2v) is 6.16. The van der Waals surface area contributed by atoms with Crippen LogP contribution in [0.5, 0.6) is 5.75 Å². The second kappa shape index (κ2) is 7.90. The number of aromatic nitrogens is 2. The molecule has 1 aromatic carbocycles. The highest BCUT2D eigenvalue weighted by atomic mass is 16.5. The van der Waals surface area contributed by atoms with Crippen molar-refractivity contribution in [2.45, 2.75) is 32.6 Å². The molecule has 2 heterocycles. The molecule has 5 heteroatoms. The molecule has 0 saturated carbocycles. The first-order valence-electron chi connectivity index (χ1n) is 8.55. The summed E-state index contributed by atoms with van der Waals surface area (Å²) < 4.78 is 5.79. The van der Waals surface area contributed by atoms with Crippen LogP contribution in [0.4, 0.5) is 0 Å². The summed E-state index contributed by atoms with van der Waals surface area (Å²) in [6.45, 7) is 3.40. The van der Waals surface area contributed by atoms with Crippen LogP contribution >= 0.6 is 0 Å². The molecule has 1 aliphatic heterocycles. The van der Waals surface area contributed by atoms with Crippen LogP contribution in [0.3, 0.4) is 0 Å². The molecule has 0 bridgehead atoms. The topological polar surface area (TPSA) is 64.1 Å². The van der Waals surface area contributed by atoms with Gasteiger partial charge in [0.2, 0.25) is 0 Å². The highest BCUT2D eigenvalue weighted by Crippen LogP contribution is 2.26. The van der Waals surface area contributed by atoms with Crippen LogP contribution in [0.1, 0.15) is 41.4 Å². The molecule has 3 rings (SSSR count). The van der Waals surface area contributed by atoms with Crippen LogP contribution in [-0.2, 0) is 12.8 Å². The van der Waals surface area contributed by atoms with E-state index in [4.69, 9.17) is 4.74 Å². The number of carbonyl (C=O) groups is 1. The zero-order chi connectivity index (χ0) is 16.8. The van der Waals surface area contributed by atoms with Gasteiger partial charge in [-0.15, -0.1) is 0 Å². The molecule has 0 unspecified atom stereocenters. The molecule has 1 atom stereocenters. The molecule has 1 N–H and O–H groups in total. The highest BCUT2D eigenvalue weighted by molar-refractivity contribution is 5.94. The first-order chi connectivity index (χ1) is 11.8. The number of hydrogen-bond donors (Lipinski definition) is 1. The van der Waals surface area contributed by atoms with Gasteiger partial charge in [-0.3, -0.25) is 4.79 Å². The first kappa shape index (κ1) is 16.4. The third kappa shape index (κ3) is 3.91. The molecule has 1 amide bonds.